The number of hydrogen-bond acceptors (Lipinski definition) is 6. The molecule has 2 atom stereocenters. The molecule has 3 rings (SSSR count). The van der Waals surface area contributed by atoms with Gasteiger partial charge in [-0.2, -0.15) is 0 Å². The number of nitrogens with one attached hydrogen (secondary N) is 1. The second-order valence-electron chi connectivity index (χ2n) is 8.43. The van der Waals surface area contributed by atoms with Crippen LogP contribution in [0.5, 0.6) is 5.75 Å². The molecule has 174 valence electrons. The van der Waals surface area contributed by atoms with E-state index in [-0.39, 0.29) is 30.2 Å². The number of carbonyl (C=O) groups excluding carboxylic acids is 2. The van der Waals surface area contributed by atoms with E-state index in [4.69, 9.17) is 0 Å². The number of non-ortho nitro benzene ring substituents is 1. The molecule has 0 aliphatic carbocycles. The number of carbonyl (C=O) groups is 2. The first-order valence-electron chi connectivity index (χ1n) is 10.5. The zero-order valence-electron chi connectivity index (χ0n) is 19.1. The number of nitro groups is 1. The van der Waals surface area contributed by atoms with E-state index in [0.717, 1.165) is 17.4 Å². The first-order valence-corrected chi connectivity index (χ1v) is 10.5. The van der Waals surface area contributed by atoms with Crippen molar-refractivity contribution in [1.82, 2.24) is 14.8 Å². The van der Waals surface area contributed by atoms with Gasteiger partial charge in [-0.15, -0.1) is 0 Å². The van der Waals surface area contributed by atoms with Crippen molar-refractivity contribution < 1.29 is 19.6 Å². The number of phenols is 1. The number of fused-ring (bicyclic) bond motifs is 1. The number of aryl methyl sites for hydroxylation is 1. The Morgan fingerprint density at radius 3 is 2.55 bits per heavy atom. The molecule has 3 aromatic rings. The molecule has 33 heavy (non-hydrogen) atoms. The van der Waals surface area contributed by atoms with Gasteiger partial charge in [0, 0.05) is 19.3 Å². The minimum absolute atomic E-state index is 0.0213. The molecule has 1 amide bonds. The summed E-state index contributed by atoms with van der Waals surface area (Å²) in [6.45, 7) is 1.78. The van der Waals surface area contributed by atoms with Crippen LogP contribution in [0.2, 0.25) is 0 Å². The first kappa shape index (κ1) is 23.9. The van der Waals surface area contributed by atoms with Gasteiger partial charge in [-0.1, -0.05) is 18.2 Å². The number of nitrogens with zero attached hydrogens (tertiary/aromatic N) is 3. The fourth-order valence-corrected chi connectivity index (χ4v) is 3.95. The van der Waals surface area contributed by atoms with Crippen LogP contribution in [-0.2, 0) is 22.4 Å². The van der Waals surface area contributed by atoms with Gasteiger partial charge in [0.2, 0.25) is 5.91 Å². The Kier molecular flexibility index (Phi) is 7.13. The number of aldehydes is 1. The highest BCUT2D eigenvalue weighted by atomic mass is 16.6. The van der Waals surface area contributed by atoms with Crippen molar-refractivity contribution in [3.63, 3.8) is 0 Å². The normalized spacial score (nSPS) is 13.1. The molecule has 0 aliphatic rings. The van der Waals surface area contributed by atoms with Gasteiger partial charge < -0.3 is 19.8 Å². The SMILES string of the molecule is Cc1ccc(CC(C=O)N(C)C(=O)C(Cc2c[nH]c3cccc([N+](=O)[O-])c23)N(C)C)cc1O. The van der Waals surface area contributed by atoms with Crippen LogP contribution in [0.4, 0.5) is 5.69 Å². The molecule has 0 bridgehead atoms. The third-order valence-electron chi connectivity index (χ3n) is 6.00. The highest BCUT2D eigenvalue weighted by Gasteiger charge is 2.30. The van der Waals surface area contributed by atoms with Gasteiger partial charge in [-0.05, 0) is 62.7 Å². The number of H-pyrrole nitrogens is 1. The fraction of sp³-hybridized carbons (Fsp3) is 0.333. The van der Waals surface area contributed by atoms with Crippen LogP contribution in [-0.4, -0.2) is 70.2 Å². The van der Waals surface area contributed by atoms with Crippen LogP contribution in [0.1, 0.15) is 16.7 Å². The highest BCUT2D eigenvalue weighted by Crippen LogP contribution is 2.30. The number of nitro benzene ring substituents is 1. The Morgan fingerprint density at radius 2 is 1.94 bits per heavy atom. The lowest BCUT2D eigenvalue weighted by Gasteiger charge is -2.31. The van der Waals surface area contributed by atoms with E-state index in [9.17, 15) is 24.8 Å². The van der Waals surface area contributed by atoms with E-state index in [1.54, 1.807) is 63.4 Å². The molecule has 0 saturated carbocycles. The zero-order valence-corrected chi connectivity index (χ0v) is 19.1. The summed E-state index contributed by atoms with van der Waals surface area (Å²) in [5.41, 5.74) is 2.73. The third-order valence-corrected chi connectivity index (χ3v) is 6.00. The number of aromatic amines is 1. The van der Waals surface area contributed by atoms with Crippen molar-refractivity contribution in [3.05, 3.63) is 69.4 Å². The van der Waals surface area contributed by atoms with Crippen molar-refractivity contribution >= 4 is 28.8 Å². The number of aromatic hydroxyl groups is 1. The Hall–Kier alpha value is -3.72. The van der Waals surface area contributed by atoms with Crippen LogP contribution < -0.4 is 0 Å². The summed E-state index contributed by atoms with van der Waals surface area (Å²) >= 11 is 0. The number of amides is 1. The average molecular weight is 453 g/mol. The standard InChI is InChI=1S/C24H28N4O5/c1-15-8-9-16(11-22(15)30)10-18(14-29)27(4)24(31)21(26(2)3)12-17-13-25-19-6-5-7-20(23(17)19)28(32)33/h5-9,11,13-14,18,21,25,30H,10,12H2,1-4H3. The zero-order chi connectivity index (χ0) is 24.3. The van der Waals surface area contributed by atoms with E-state index in [1.807, 2.05) is 6.07 Å². The second kappa shape index (κ2) is 9.83. The summed E-state index contributed by atoms with van der Waals surface area (Å²) < 4.78 is 0. The molecule has 0 saturated heterocycles. The molecule has 1 heterocycles. The molecule has 9 heteroatoms. The molecule has 0 radical (unpaired) electrons. The van der Waals surface area contributed by atoms with Gasteiger partial charge in [0.15, 0.2) is 0 Å². The van der Waals surface area contributed by atoms with Gasteiger partial charge in [-0.25, -0.2) is 0 Å². The van der Waals surface area contributed by atoms with E-state index < -0.39 is 17.0 Å². The van der Waals surface area contributed by atoms with E-state index in [0.29, 0.717) is 16.5 Å². The molecule has 9 nitrogen and oxygen atoms in total. The van der Waals surface area contributed by atoms with Crippen LogP contribution in [0.15, 0.2) is 42.6 Å². The summed E-state index contributed by atoms with van der Waals surface area (Å²) in [6.07, 6.45) is 2.90. The van der Waals surface area contributed by atoms with E-state index >= 15 is 0 Å². The van der Waals surface area contributed by atoms with Crippen molar-refractivity contribution in [2.75, 3.05) is 21.1 Å². The summed E-state index contributed by atoms with van der Waals surface area (Å²) in [5.74, 6) is -0.139. The predicted molar refractivity (Wildman–Crippen MR) is 125 cm³/mol. The van der Waals surface area contributed by atoms with Crippen LogP contribution in [0, 0.1) is 17.0 Å². The minimum atomic E-state index is -0.723. The molecule has 0 aliphatic heterocycles. The molecular weight excluding hydrogens is 424 g/mol. The number of hydrogen-bond donors (Lipinski definition) is 2. The van der Waals surface area contributed by atoms with Gasteiger partial charge in [0.05, 0.1) is 27.9 Å². The predicted octanol–water partition coefficient (Wildman–Crippen LogP) is 2.83. The maximum Gasteiger partial charge on any atom is 0.279 e. The molecule has 0 spiro atoms. The summed E-state index contributed by atoms with van der Waals surface area (Å²) in [4.78, 5) is 42.5. The van der Waals surface area contributed by atoms with Crippen molar-refractivity contribution in [3.8, 4) is 5.75 Å². The quantitative estimate of drug-likeness (QED) is 0.293. The molecule has 2 unspecified atom stereocenters. The summed E-state index contributed by atoms with van der Waals surface area (Å²) in [6, 6.07) is 8.63. The Bertz CT molecular complexity index is 1190. The van der Waals surface area contributed by atoms with Gasteiger partial charge in [-0.3, -0.25) is 19.8 Å². The molecule has 1 aromatic heterocycles. The molecular formula is C24H28N4O5. The average Bonchev–Trinajstić information content (AvgIpc) is 3.19. The lowest BCUT2D eigenvalue weighted by molar-refractivity contribution is -0.383. The van der Waals surface area contributed by atoms with Crippen molar-refractivity contribution in [1.29, 1.82) is 0 Å². The van der Waals surface area contributed by atoms with Crippen LogP contribution >= 0.6 is 0 Å². The van der Waals surface area contributed by atoms with E-state index in [1.165, 1.54) is 11.0 Å². The van der Waals surface area contributed by atoms with Crippen LogP contribution in [0.25, 0.3) is 10.9 Å². The number of aromatic nitrogens is 1. The van der Waals surface area contributed by atoms with Crippen LogP contribution in [0.3, 0.4) is 0 Å². The first-order chi connectivity index (χ1) is 15.6. The Morgan fingerprint density at radius 1 is 1.21 bits per heavy atom. The van der Waals surface area contributed by atoms with Gasteiger partial charge >= 0.3 is 0 Å². The second-order valence-corrected chi connectivity index (χ2v) is 8.43. The number of phenolic OH excluding ortho intramolecular Hbond substituents is 1. The van der Waals surface area contributed by atoms with Crippen molar-refractivity contribution in [2.45, 2.75) is 31.8 Å². The lowest BCUT2D eigenvalue weighted by Crippen LogP contribution is -2.50. The summed E-state index contributed by atoms with van der Waals surface area (Å²) in [5, 5.41) is 22.0. The highest BCUT2D eigenvalue weighted by molar-refractivity contribution is 5.93. The van der Waals surface area contributed by atoms with Gasteiger partial charge in [0.25, 0.3) is 5.69 Å². The smallest absolute Gasteiger partial charge is 0.279 e. The fourth-order valence-electron chi connectivity index (χ4n) is 3.95. The maximum absolute atomic E-state index is 13.4. The topological polar surface area (TPSA) is 120 Å². The Balaban J connectivity index is 1.86. The largest absolute Gasteiger partial charge is 0.508 e. The number of likely N-dealkylation sites (N-methyl/N-ethyl adjacent to an activating group) is 2. The monoisotopic (exact) mass is 452 g/mol. The summed E-state index contributed by atoms with van der Waals surface area (Å²) in [7, 11) is 5.09. The van der Waals surface area contributed by atoms with Gasteiger partial charge in [0.1, 0.15) is 12.0 Å². The number of benzene rings is 2. The lowest BCUT2D eigenvalue weighted by atomic mass is 10.00. The molecule has 0 fully saturated rings. The molecule has 2 aromatic carbocycles. The van der Waals surface area contributed by atoms with Crippen molar-refractivity contribution in [2.24, 2.45) is 0 Å². The molecule has 2 N–H and O–H groups in total. The third kappa shape index (κ3) is 5.04. The number of rotatable bonds is 9. The van der Waals surface area contributed by atoms with E-state index in [2.05, 4.69) is 4.98 Å². The maximum atomic E-state index is 13.4. The Labute approximate surface area is 191 Å². The minimum Gasteiger partial charge on any atom is -0.508 e.